The van der Waals surface area contributed by atoms with Crippen LogP contribution in [0.25, 0.3) is 0 Å². The highest BCUT2D eigenvalue weighted by Gasteiger charge is 2.50. The third-order valence-electron chi connectivity index (χ3n) is 4.44. The van der Waals surface area contributed by atoms with Crippen molar-refractivity contribution in [2.45, 2.75) is 64.5 Å². The van der Waals surface area contributed by atoms with Gasteiger partial charge in [-0.25, -0.2) is 0 Å². The van der Waals surface area contributed by atoms with E-state index in [2.05, 4.69) is 39.8 Å². The summed E-state index contributed by atoms with van der Waals surface area (Å²) in [4.78, 5) is 0. The lowest BCUT2D eigenvalue weighted by Crippen LogP contribution is -2.41. The first-order valence-corrected chi connectivity index (χ1v) is 7.50. The van der Waals surface area contributed by atoms with Gasteiger partial charge >= 0.3 is 7.12 Å². The molecule has 0 saturated carbocycles. The van der Waals surface area contributed by atoms with Crippen LogP contribution in [0.4, 0.5) is 5.69 Å². The molecule has 2 N–H and O–H groups in total. The first kappa shape index (κ1) is 15.4. The van der Waals surface area contributed by atoms with E-state index >= 15 is 0 Å². The molecule has 0 aliphatic carbocycles. The third-order valence-corrected chi connectivity index (χ3v) is 4.44. The normalized spacial score (nSPS) is 20.3. The minimum Gasteiger partial charge on any atom is -0.403 e. The fraction of sp³-hybridized carbons (Fsp3) is 0.625. The molecule has 0 unspecified atom stereocenters. The number of unbranched alkanes of at least 4 members (excludes halogenated alkanes) is 1. The lowest BCUT2D eigenvalue weighted by Gasteiger charge is -2.32. The maximum atomic E-state index is 5.99. The average molecular weight is 275 g/mol. The van der Waals surface area contributed by atoms with E-state index in [1.54, 1.807) is 0 Å². The molecule has 0 spiro atoms. The predicted octanol–water partition coefficient (Wildman–Crippen LogP) is 3.68. The van der Waals surface area contributed by atoms with Gasteiger partial charge in [-0.3, -0.25) is 0 Å². The summed E-state index contributed by atoms with van der Waals surface area (Å²) < 4.78 is 12.0. The molecule has 0 amide bonds. The topological polar surface area (TPSA) is 44.5 Å². The number of hydrogen-bond acceptors (Lipinski definition) is 3. The number of aryl methyl sites for hydroxylation is 1. The van der Waals surface area contributed by atoms with Gasteiger partial charge in [0.2, 0.25) is 0 Å². The first-order chi connectivity index (χ1) is 9.30. The standard InChI is InChI=1S/C16H26BNO2/c1-15(2)16(3,4)20-17(19-15)12-6-5-7-13-8-10-14(18)11-9-13/h8-11H,5-7,12,18H2,1-4H3. The Hall–Kier alpha value is -0.995. The Morgan fingerprint density at radius 2 is 1.50 bits per heavy atom. The Labute approximate surface area is 123 Å². The van der Waals surface area contributed by atoms with Gasteiger partial charge in [0.15, 0.2) is 0 Å². The molecule has 1 aromatic carbocycles. The van der Waals surface area contributed by atoms with Crippen molar-refractivity contribution in [3.05, 3.63) is 29.8 Å². The SMILES string of the molecule is CC1(C)OB(CCCCc2ccc(N)cc2)OC1(C)C. The fourth-order valence-electron chi connectivity index (χ4n) is 2.41. The van der Waals surface area contributed by atoms with Gasteiger partial charge in [0.1, 0.15) is 0 Å². The summed E-state index contributed by atoms with van der Waals surface area (Å²) in [6.45, 7) is 8.39. The van der Waals surface area contributed by atoms with Gasteiger partial charge in [-0.1, -0.05) is 18.6 Å². The molecule has 0 radical (unpaired) electrons. The van der Waals surface area contributed by atoms with Crippen molar-refractivity contribution in [3.63, 3.8) is 0 Å². The van der Waals surface area contributed by atoms with Crippen molar-refractivity contribution >= 4 is 12.8 Å². The third kappa shape index (κ3) is 3.55. The molecular formula is C16H26BNO2. The second-order valence-corrected chi connectivity index (χ2v) is 6.67. The summed E-state index contributed by atoms with van der Waals surface area (Å²) in [5.74, 6) is 0. The highest BCUT2D eigenvalue weighted by Crippen LogP contribution is 2.38. The zero-order chi connectivity index (χ0) is 14.8. The van der Waals surface area contributed by atoms with E-state index in [1.165, 1.54) is 5.56 Å². The summed E-state index contributed by atoms with van der Waals surface area (Å²) in [7, 11) is -0.0635. The number of nitrogens with two attached hydrogens (primary N) is 1. The Balaban J connectivity index is 1.71. The molecule has 0 aromatic heterocycles. The zero-order valence-electron chi connectivity index (χ0n) is 13.1. The maximum absolute atomic E-state index is 5.99. The second-order valence-electron chi connectivity index (χ2n) is 6.67. The highest BCUT2D eigenvalue weighted by molar-refractivity contribution is 6.45. The van der Waals surface area contributed by atoms with E-state index in [4.69, 9.17) is 15.0 Å². The number of benzene rings is 1. The smallest absolute Gasteiger partial charge is 0.403 e. The lowest BCUT2D eigenvalue weighted by molar-refractivity contribution is 0.00578. The van der Waals surface area contributed by atoms with Crippen LogP contribution in [-0.2, 0) is 15.7 Å². The van der Waals surface area contributed by atoms with Gasteiger partial charge in [-0.2, -0.15) is 0 Å². The van der Waals surface area contributed by atoms with Crippen molar-refractivity contribution in [2.75, 3.05) is 5.73 Å². The Morgan fingerprint density at radius 3 is 2.05 bits per heavy atom. The van der Waals surface area contributed by atoms with Crippen molar-refractivity contribution in [1.82, 2.24) is 0 Å². The summed E-state index contributed by atoms with van der Waals surface area (Å²) in [6, 6.07) is 8.13. The summed E-state index contributed by atoms with van der Waals surface area (Å²) in [6.07, 6.45) is 4.30. The number of anilines is 1. The molecule has 1 aromatic rings. The van der Waals surface area contributed by atoms with Gasteiger partial charge in [0.05, 0.1) is 11.2 Å². The van der Waals surface area contributed by atoms with Crippen LogP contribution in [0.1, 0.15) is 46.1 Å². The van der Waals surface area contributed by atoms with Crippen LogP contribution in [0.2, 0.25) is 6.32 Å². The Bertz CT molecular complexity index is 426. The van der Waals surface area contributed by atoms with Crippen LogP contribution in [-0.4, -0.2) is 18.3 Å². The Morgan fingerprint density at radius 1 is 0.950 bits per heavy atom. The summed E-state index contributed by atoms with van der Waals surface area (Å²) in [5.41, 5.74) is 7.42. The quantitative estimate of drug-likeness (QED) is 0.506. The largest absolute Gasteiger partial charge is 0.457 e. The summed E-state index contributed by atoms with van der Waals surface area (Å²) in [5, 5.41) is 0. The first-order valence-electron chi connectivity index (χ1n) is 7.50. The molecule has 20 heavy (non-hydrogen) atoms. The van der Waals surface area contributed by atoms with E-state index in [1.807, 2.05) is 12.1 Å². The molecule has 110 valence electrons. The molecular weight excluding hydrogens is 249 g/mol. The second kappa shape index (κ2) is 5.78. The molecule has 2 rings (SSSR count). The number of rotatable bonds is 5. The number of hydrogen-bond donors (Lipinski definition) is 1. The minimum atomic E-state index is -0.214. The molecule has 0 atom stereocenters. The number of nitrogen functional groups attached to an aromatic ring is 1. The molecule has 1 heterocycles. The van der Waals surface area contributed by atoms with E-state index in [0.29, 0.717) is 0 Å². The Kier molecular flexibility index (Phi) is 4.45. The van der Waals surface area contributed by atoms with E-state index in [0.717, 1.165) is 31.3 Å². The van der Waals surface area contributed by atoms with E-state index in [9.17, 15) is 0 Å². The minimum absolute atomic E-state index is 0.0635. The lowest BCUT2D eigenvalue weighted by atomic mass is 9.82. The van der Waals surface area contributed by atoms with Crippen molar-refractivity contribution in [1.29, 1.82) is 0 Å². The fourth-order valence-corrected chi connectivity index (χ4v) is 2.41. The molecule has 4 heteroatoms. The predicted molar refractivity (Wildman–Crippen MR) is 84.7 cm³/mol. The van der Waals surface area contributed by atoms with Crippen molar-refractivity contribution in [3.8, 4) is 0 Å². The van der Waals surface area contributed by atoms with Crippen LogP contribution >= 0.6 is 0 Å². The van der Waals surface area contributed by atoms with Crippen LogP contribution < -0.4 is 5.73 Å². The van der Waals surface area contributed by atoms with Gasteiger partial charge in [-0.05, 0) is 64.6 Å². The van der Waals surface area contributed by atoms with E-state index < -0.39 is 0 Å². The molecule has 1 saturated heterocycles. The molecule has 1 aliphatic heterocycles. The van der Waals surface area contributed by atoms with Gasteiger partial charge < -0.3 is 15.0 Å². The molecule has 1 aliphatic rings. The molecule has 1 fully saturated rings. The highest BCUT2D eigenvalue weighted by atomic mass is 16.7. The van der Waals surface area contributed by atoms with Gasteiger partial charge in [0, 0.05) is 5.69 Å². The zero-order valence-corrected chi connectivity index (χ0v) is 13.1. The van der Waals surface area contributed by atoms with Gasteiger partial charge in [0.25, 0.3) is 0 Å². The molecule has 0 bridgehead atoms. The monoisotopic (exact) mass is 275 g/mol. The maximum Gasteiger partial charge on any atom is 0.457 e. The van der Waals surface area contributed by atoms with Crippen LogP contribution in [0.3, 0.4) is 0 Å². The van der Waals surface area contributed by atoms with Gasteiger partial charge in [-0.15, -0.1) is 0 Å². The molecule has 3 nitrogen and oxygen atoms in total. The van der Waals surface area contributed by atoms with Crippen molar-refractivity contribution in [2.24, 2.45) is 0 Å². The average Bonchev–Trinajstić information content (AvgIpc) is 2.56. The van der Waals surface area contributed by atoms with Crippen LogP contribution in [0.5, 0.6) is 0 Å². The van der Waals surface area contributed by atoms with E-state index in [-0.39, 0.29) is 18.3 Å². The van der Waals surface area contributed by atoms with Crippen LogP contribution in [0, 0.1) is 0 Å². The van der Waals surface area contributed by atoms with Crippen molar-refractivity contribution < 1.29 is 9.31 Å². The van der Waals surface area contributed by atoms with Crippen LogP contribution in [0.15, 0.2) is 24.3 Å². The summed E-state index contributed by atoms with van der Waals surface area (Å²) >= 11 is 0.